The van der Waals surface area contributed by atoms with Crippen molar-refractivity contribution < 1.29 is 18.3 Å². The van der Waals surface area contributed by atoms with Crippen molar-refractivity contribution in [2.75, 3.05) is 0 Å². The van der Waals surface area contributed by atoms with E-state index in [1.165, 1.54) is 6.07 Å². The predicted molar refractivity (Wildman–Crippen MR) is 73.0 cm³/mol. The lowest BCUT2D eigenvalue weighted by Gasteiger charge is -2.19. The molecule has 1 aromatic rings. The number of para-hydroxylation sites is 1. The average Bonchev–Trinajstić information content (AvgIpc) is 3.08. The zero-order valence-electron chi connectivity index (χ0n) is 11.5. The number of nitrogens with one attached hydrogen (secondary N) is 2. The highest BCUT2D eigenvalue weighted by molar-refractivity contribution is 5.80. The molecule has 2 bridgehead atoms. The van der Waals surface area contributed by atoms with E-state index in [2.05, 4.69) is 15.4 Å². The van der Waals surface area contributed by atoms with Gasteiger partial charge in [0.25, 0.3) is 0 Å². The summed E-state index contributed by atoms with van der Waals surface area (Å²) < 4.78 is 29.1. The van der Waals surface area contributed by atoms with Crippen LogP contribution in [0.5, 0.6) is 5.75 Å². The first-order chi connectivity index (χ1) is 10.1. The highest BCUT2D eigenvalue weighted by Crippen LogP contribution is 2.33. The standard InChI is InChI=1S/C15H18F2N2O2/c16-15(17)21-13-4-2-1-3-9(13)8-18-14(20)11-7-10-5-6-12(11)19-10/h1-4,10-12,15,19H,5-8H2,(H,18,20). The first-order valence-corrected chi connectivity index (χ1v) is 7.20. The molecule has 4 nitrogen and oxygen atoms in total. The molecule has 2 fully saturated rings. The van der Waals surface area contributed by atoms with Gasteiger partial charge in [-0.2, -0.15) is 8.78 Å². The Morgan fingerprint density at radius 1 is 1.38 bits per heavy atom. The molecule has 2 aliphatic rings. The molecule has 114 valence electrons. The maximum absolute atomic E-state index is 12.3. The summed E-state index contributed by atoms with van der Waals surface area (Å²) in [5.41, 5.74) is 0.558. The number of amides is 1. The molecule has 1 amide bonds. The van der Waals surface area contributed by atoms with Crippen LogP contribution in [0.15, 0.2) is 24.3 Å². The van der Waals surface area contributed by atoms with Gasteiger partial charge in [0.15, 0.2) is 0 Å². The fourth-order valence-corrected chi connectivity index (χ4v) is 3.29. The minimum Gasteiger partial charge on any atom is -0.434 e. The molecule has 0 spiro atoms. The van der Waals surface area contributed by atoms with Crippen LogP contribution in [0.25, 0.3) is 0 Å². The van der Waals surface area contributed by atoms with E-state index in [0.29, 0.717) is 11.6 Å². The molecular weight excluding hydrogens is 278 g/mol. The Morgan fingerprint density at radius 2 is 2.19 bits per heavy atom. The first kappa shape index (κ1) is 14.3. The molecular formula is C15H18F2N2O2. The topological polar surface area (TPSA) is 50.4 Å². The third kappa shape index (κ3) is 3.15. The molecule has 2 heterocycles. The molecule has 6 heteroatoms. The molecule has 3 unspecified atom stereocenters. The number of ether oxygens (including phenoxy) is 1. The van der Waals surface area contributed by atoms with Gasteiger partial charge in [-0.05, 0) is 25.3 Å². The second-order valence-electron chi connectivity index (χ2n) is 5.59. The minimum atomic E-state index is -2.86. The number of rotatable bonds is 5. The van der Waals surface area contributed by atoms with Gasteiger partial charge in [0.05, 0.1) is 5.92 Å². The number of alkyl halides is 2. The van der Waals surface area contributed by atoms with Crippen LogP contribution in [0, 0.1) is 5.92 Å². The summed E-state index contributed by atoms with van der Waals surface area (Å²) in [6.45, 7) is -2.66. The summed E-state index contributed by atoms with van der Waals surface area (Å²) in [5, 5.41) is 6.25. The monoisotopic (exact) mass is 296 g/mol. The number of hydrogen-bond acceptors (Lipinski definition) is 3. The first-order valence-electron chi connectivity index (χ1n) is 7.20. The Morgan fingerprint density at radius 3 is 2.86 bits per heavy atom. The summed E-state index contributed by atoms with van der Waals surface area (Å²) in [7, 11) is 0. The van der Waals surface area contributed by atoms with E-state index in [-0.39, 0.29) is 30.2 Å². The van der Waals surface area contributed by atoms with Gasteiger partial charge in [0, 0.05) is 24.2 Å². The largest absolute Gasteiger partial charge is 0.434 e. The second-order valence-corrected chi connectivity index (χ2v) is 5.59. The summed E-state index contributed by atoms with van der Waals surface area (Å²) >= 11 is 0. The lowest BCUT2D eigenvalue weighted by Crippen LogP contribution is -2.37. The number of halogens is 2. The maximum atomic E-state index is 12.3. The van der Waals surface area contributed by atoms with Crippen LogP contribution >= 0.6 is 0 Å². The average molecular weight is 296 g/mol. The number of benzene rings is 1. The van der Waals surface area contributed by atoms with Crippen LogP contribution in [0.2, 0.25) is 0 Å². The van der Waals surface area contributed by atoms with Gasteiger partial charge in [0.2, 0.25) is 5.91 Å². The van der Waals surface area contributed by atoms with Crippen molar-refractivity contribution in [3.8, 4) is 5.75 Å². The summed E-state index contributed by atoms with van der Waals surface area (Å²) in [6, 6.07) is 7.24. The van der Waals surface area contributed by atoms with Crippen molar-refractivity contribution in [2.45, 2.75) is 44.5 Å². The fourth-order valence-electron chi connectivity index (χ4n) is 3.29. The third-order valence-corrected chi connectivity index (χ3v) is 4.28. The van der Waals surface area contributed by atoms with Gasteiger partial charge in [-0.3, -0.25) is 4.79 Å². The van der Waals surface area contributed by atoms with Gasteiger partial charge in [0.1, 0.15) is 5.75 Å². The molecule has 21 heavy (non-hydrogen) atoms. The van der Waals surface area contributed by atoms with Gasteiger partial charge in [-0.15, -0.1) is 0 Å². The highest BCUT2D eigenvalue weighted by Gasteiger charge is 2.42. The van der Waals surface area contributed by atoms with Crippen molar-refractivity contribution in [1.29, 1.82) is 0 Å². The third-order valence-electron chi connectivity index (χ3n) is 4.28. The molecule has 3 atom stereocenters. The smallest absolute Gasteiger partial charge is 0.387 e. The Hall–Kier alpha value is -1.69. The summed E-state index contributed by atoms with van der Waals surface area (Å²) in [6.07, 6.45) is 3.04. The van der Waals surface area contributed by atoms with Crippen LogP contribution in [-0.4, -0.2) is 24.6 Å². The van der Waals surface area contributed by atoms with Crippen LogP contribution in [-0.2, 0) is 11.3 Å². The number of carbonyl (C=O) groups excluding carboxylic acids is 1. The molecule has 0 aliphatic carbocycles. The number of fused-ring (bicyclic) bond motifs is 2. The van der Waals surface area contributed by atoms with Crippen LogP contribution in [0.3, 0.4) is 0 Å². The SMILES string of the molecule is O=C(NCc1ccccc1OC(F)F)C1CC2CCC1N2. The van der Waals surface area contributed by atoms with Crippen LogP contribution in [0.1, 0.15) is 24.8 Å². The summed E-state index contributed by atoms with van der Waals surface area (Å²) in [5.74, 6) is 0.0901. The Kier molecular flexibility index (Phi) is 4.05. The lowest BCUT2D eigenvalue weighted by molar-refractivity contribution is -0.125. The van der Waals surface area contributed by atoms with E-state index < -0.39 is 6.61 Å². The lowest BCUT2D eigenvalue weighted by atomic mass is 9.88. The van der Waals surface area contributed by atoms with E-state index in [4.69, 9.17) is 0 Å². The molecule has 3 rings (SSSR count). The zero-order chi connectivity index (χ0) is 14.8. The Balaban J connectivity index is 1.59. The van der Waals surface area contributed by atoms with Gasteiger partial charge >= 0.3 is 6.61 Å². The predicted octanol–water partition coefficient (Wildman–Crippen LogP) is 2.04. The van der Waals surface area contributed by atoms with Gasteiger partial charge in [-0.25, -0.2) is 0 Å². The molecule has 2 aliphatic heterocycles. The summed E-state index contributed by atoms with van der Waals surface area (Å²) in [4.78, 5) is 12.2. The van der Waals surface area contributed by atoms with E-state index in [1.54, 1.807) is 18.2 Å². The van der Waals surface area contributed by atoms with Gasteiger partial charge in [-0.1, -0.05) is 18.2 Å². The fraction of sp³-hybridized carbons (Fsp3) is 0.533. The molecule has 0 saturated carbocycles. The highest BCUT2D eigenvalue weighted by atomic mass is 19.3. The number of hydrogen-bond donors (Lipinski definition) is 2. The molecule has 0 aromatic heterocycles. The second kappa shape index (κ2) is 5.97. The molecule has 2 saturated heterocycles. The van der Waals surface area contributed by atoms with Crippen molar-refractivity contribution in [1.82, 2.24) is 10.6 Å². The molecule has 1 aromatic carbocycles. The van der Waals surface area contributed by atoms with E-state index in [1.807, 2.05) is 0 Å². The zero-order valence-corrected chi connectivity index (χ0v) is 11.5. The molecule has 2 N–H and O–H groups in total. The minimum absolute atomic E-state index is 0.00747. The van der Waals surface area contributed by atoms with E-state index in [9.17, 15) is 13.6 Å². The Labute approximate surface area is 121 Å². The van der Waals surface area contributed by atoms with Crippen LogP contribution < -0.4 is 15.4 Å². The maximum Gasteiger partial charge on any atom is 0.387 e. The Bertz CT molecular complexity index is 524. The van der Waals surface area contributed by atoms with Crippen molar-refractivity contribution >= 4 is 5.91 Å². The van der Waals surface area contributed by atoms with Crippen molar-refractivity contribution in [2.24, 2.45) is 5.92 Å². The normalized spacial score (nSPS) is 27.1. The molecule has 0 radical (unpaired) electrons. The van der Waals surface area contributed by atoms with Crippen LogP contribution in [0.4, 0.5) is 8.78 Å². The quantitative estimate of drug-likeness (QED) is 0.874. The van der Waals surface area contributed by atoms with E-state index >= 15 is 0 Å². The number of carbonyl (C=O) groups is 1. The van der Waals surface area contributed by atoms with Gasteiger partial charge < -0.3 is 15.4 Å². The van der Waals surface area contributed by atoms with Crippen molar-refractivity contribution in [3.63, 3.8) is 0 Å². The van der Waals surface area contributed by atoms with Crippen molar-refractivity contribution in [3.05, 3.63) is 29.8 Å². The van der Waals surface area contributed by atoms with E-state index in [0.717, 1.165) is 19.3 Å².